The second kappa shape index (κ2) is 6.14. The Morgan fingerprint density at radius 1 is 1.42 bits per heavy atom. The number of rotatable bonds is 3. The molecule has 1 amide bonds. The van der Waals surface area contributed by atoms with E-state index in [0.29, 0.717) is 18.8 Å². The van der Waals surface area contributed by atoms with Gasteiger partial charge in [0.25, 0.3) is 0 Å². The fourth-order valence-electron chi connectivity index (χ4n) is 3.60. The Bertz CT molecular complexity index is 780. The Morgan fingerprint density at radius 3 is 3.12 bits per heavy atom. The van der Waals surface area contributed by atoms with E-state index in [9.17, 15) is 9.18 Å². The van der Waals surface area contributed by atoms with Crippen LogP contribution in [0.5, 0.6) is 0 Å². The minimum atomic E-state index is -0.387. The molecule has 6 nitrogen and oxygen atoms in total. The average Bonchev–Trinajstić information content (AvgIpc) is 3.16. The fourth-order valence-corrected chi connectivity index (χ4v) is 3.85. The summed E-state index contributed by atoms with van der Waals surface area (Å²) in [7, 11) is 0. The lowest BCUT2D eigenvalue weighted by atomic mass is 9.91. The van der Waals surface area contributed by atoms with Crippen LogP contribution in [-0.4, -0.2) is 44.9 Å². The molecule has 2 fully saturated rings. The second-order valence-electron chi connectivity index (χ2n) is 6.28. The molecule has 8 heteroatoms. The van der Waals surface area contributed by atoms with Gasteiger partial charge in [0.2, 0.25) is 5.91 Å². The Hall–Kier alpha value is -1.99. The van der Waals surface area contributed by atoms with Crippen molar-refractivity contribution in [1.82, 2.24) is 25.2 Å². The number of halogens is 2. The minimum absolute atomic E-state index is 0.0836. The van der Waals surface area contributed by atoms with Gasteiger partial charge >= 0.3 is 0 Å². The zero-order chi connectivity index (χ0) is 16.7. The molecule has 1 N–H and O–H groups in total. The predicted molar refractivity (Wildman–Crippen MR) is 86.3 cm³/mol. The topological polar surface area (TPSA) is 63.1 Å². The highest BCUT2D eigenvalue weighted by Gasteiger charge is 2.40. The predicted octanol–water partition coefficient (Wildman–Crippen LogP) is 1.77. The first-order chi connectivity index (χ1) is 11.6. The molecule has 2 saturated heterocycles. The number of hydrogen-bond donors (Lipinski definition) is 1. The summed E-state index contributed by atoms with van der Waals surface area (Å²) in [6.45, 7) is 2.27. The zero-order valence-electron chi connectivity index (χ0n) is 13.0. The molecule has 24 heavy (non-hydrogen) atoms. The van der Waals surface area contributed by atoms with Crippen molar-refractivity contribution >= 4 is 17.5 Å². The first-order valence-corrected chi connectivity index (χ1v) is 8.38. The lowest BCUT2D eigenvalue weighted by Crippen LogP contribution is -2.44. The van der Waals surface area contributed by atoms with Gasteiger partial charge in [-0.15, -0.1) is 5.10 Å². The van der Waals surface area contributed by atoms with E-state index in [2.05, 4.69) is 20.5 Å². The number of fused-ring (bicyclic) bond motifs is 1. The summed E-state index contributed by atoms with van der Waals surface area (Å²) >= 11 is 6.07. The summed E-state index contributed by atoms with van der Waals surface area (Å²) in [5.41, 5.74) is 1.39. The van der Waals surface area contributed by atoms with E-state index in [-0.39, 0.29) is 28.7 Å². The second-order valence-corrected chi connectivity index (χ2v) is 6.69. The Labute approximate surface area is 143 Å². The van der Waals surface area contributed by atoms with Gasteiger partial charge in [-0.3, -0.25) is 9.69 Å². The van der Waals surface area contributed by atoms with Gasteiger partial charge in [-0.2, -0.15) is 0 Å². The van der Waals surface area contributed by atoms with Crippen LogP contribution in [0.4, 0.5) is 4.39 Å². The van der Waals surface area contributed by atoms with Crippen molar-refractivity contribution in [2.24, 2.45) is 5.92 Å². The molecule has 126 valence electrons. The Morgan fingerprint density at radius 2 is 2.29 bits per heavy atom. The van der Waals surface area contributed by atoms with E-state index in [1.54, 1.807) is 16.9 Å². The highest BCUT2D eigenvalue weighted by Crippen LogP contribution is 2.28. The Balaban J connectivity index is 1.52. The Kier molecular flexibility index (Phi) is 3.97. The molecule has 1 aromatic carbocycles. The van der Waals surface area contributed by atoms with E-state index in [1.165, 1.54) is 12.1 Å². The van der Waals surface area contributed by atoms with Gasteiger partial charge in [0.05, 0.1) is 28.5 Å². The maximum absolute atomic E-state index is 13.2. The van der Waals surface area contributed by atoms with Crippen LogP contribution in [0, 0.1) is 11.7 Å². The molecule has 0 unspecified atom stereocenters. The van der Waals surface area contributed by atoms with Crippen molar-refractivity contribution < 1.29 is 9.18 Å². The lowest BCUT2D eigenvalue weighted by Gasteiger charge is -2.35. The molecule has 0 radical (unpaired) electrons. The summed E-state index contributed by atoms with van der Waals surface area (Å²) in [6.07, 6.45) is 3.75. The van der Waals surface area contributed by atoms with Gasteiger partial charge in [0.1, 0.15) is 5.82 Å². The van der Waals surface area contributed by atoms with Crippen molar-refractivity contribution in [2.45, 2.75) is 25.4 Å². The summed E-state index contributed by atoms with van der Waals surface area (Å²) < 4.78 is 14.7. The number of piperidine rings is 1. The number of carbonyl (C=O) groups excluding carboxylic acids is 1. The number of hydrogen-bond acceptors (Lipinski definition) is 4. The number of likely N-dealkylation sites (tertiary alicyclic amines) is 1. The SMILES string of the molecule is O=C1NC[C@@H]2[C@H]1CCCN2Cc1cn(-c2ccc(F)cc2Cl)nn1. The third-order valence-electron chi connectivity index (χ3n) is 4.78. The van der Waals surface area contributed by atoms with E-state index < -0.39 is 0 Å². The molecule has 4 rings (SSSR count). The zero-order valence-corrected chi connectivity index (χ0v) is 13.7. The van der Waals surface area contributed by atoms with Gasteiger partial charge in [0.15, 0.2) is 0 Å². The largest absolute Gasteiger partial charge is 0.354 e. The van der Waals surface area contributed by atoms with Gasteiger partial charge in [0, 0.05) is 19.1 Å². The van der Waals surface area contributed by atoms with Gasteiger partial charge in [-0.1, -0.05) is 16.8 Å². The molecule has 2 aliphatic heterocycles. The van der Waals surface area contributed by atoms with E-state index in [0.717, 1.165) is 25.1 Å². The minimum Gasteiger partial charge on any atom is -0.354 e. The van der Waals surface area contributed by atoms with Crippen LogP contribution in [0.3, 0.4) is 0 Å². The molecule has 0 saturated carbocycles. The first-order valence-electron chi connectivity index (χ1n) is 8.00. The smallest absolute Gasteiger partial charge is 0.224 e. The molecule has 3 heterocycles. The monoisotopic (exact) mass is 349 g/mol. The maximum Gasteiger partial charge on any atom is 0.224 e. The quantitative estimate of drug-likeness (QED) is 0.917. The molecule has 0 spiro atoms. The third-order valence-corrected chi connectivity index (χ3v) is 5.08. The molecule has 1 aromatic heterocycles. The molecular weight excluding hydrogens is 333 g/mol. The van der Waals surface area contributed by atoms with Crippen molar-refractivity contribution in [2.75, 3.05) is 13.1 Å². The van der Waals surface area contributed by atoms with Crippen LogP contribution in [-0.2, 0) is 11.3 Å². The van der Waals surface area contributed by atoms with Crippen LogP contribution >= 0.6 is 11.6 Å². The molecule has 2 aliphatic rings. The fraction of sp³-hybridized carbons (Fsp3) is 0.438. The maximum atomic E-state index is 13.2. The lowest BCUT2D eigenvalue weighted by molar-refractivity contribution is -0.124. The molecular formula is C16H17ClFN5O. The summed E-state index contributed by atoms with van der Waals surface area (Å²) in [5, 5.41) is 11.5. The average molecular weight is 350 g/mol. The van der Waals surface area contributed by atoms with Crippen LogP contribution in [0.1, 0.15) is 18.5 Å². The summed E-state index contributed by atoms with van der Waals surface area (Å²) in [5.74, 6) is -0.145. The van der Waals surface area contributed by atoms with E-state index >= 15 is 0 Å². The van der Waals surface area contributed by atoms with Crippen LogP contribution in [0.25, 0.3) is 5.69 Å². The number of nitrogens with one attached hydrogen (secondary N) is 1. The normalized spacial score (nSPS) is 24.0. The van der Waals surface area contributed by atoms with Gasteiger partial charge in [-0.05, 0) is 37.6 Å². The molecule has 0 bridgehead atoms. The summed E-state index contributed by atoms with van der Waals surface area (Å²) in [6, 6.07) is 4.40. The van der Waals surface area contributed by atoms with Crippen molar-refractivity contribution in [3.63, 3.8) is 0 Å². The number of benzene rings is 1. The number of nitrogens with zero attached hydrogens (tertiary/aromatic N) is 4. The van der Waals surface area contributed by atoms with Crippen LogP contribution in [0.2, 0.25) is 5.02 Å². The van der Waals surface area contributed by atoms with Gasteiger partial charge < -0.3 is 5.32 Å². The van der Waals surface area contributed by atoms with Crippen molar-refractivity contribution in [3.8, 4) is 5.69 Å². The highest BCUT2D eigenvalue weighted by molar-refractivity contribution is 6.32. The summed E-state index contributed by atoms with van der Waals surface area (Å²) in [4.78, 5) is 14.1. The number of amides is 1. The van der Waals surface area contributed by atoms with Crippen LogP contribution in [0.15, 0.2) is 24.4 Å². The molecule has 2 atom stereocenters. The third kappa shape index (κ3) is 2.78. The first kappa shape index (κ1) is 15.5. The van der Waals surface area contributed by atoms with Gasteiger partial charge in [-0.25, -0.2) is 9.07 Å². The highest BCUT2D eigenvalue weighted by atomic mass is 35.5. The van der Waals surface area contributed by atoms with Crippen LogP contribution < -0.4 is 5.32 Å². The molecule has 0 aliphatic carbocycles. The van der Waals surface area contributed by atoms with E-state index in [4.69, 9.17) is 11.6 Å². The number of aromatic nitrogens is 3. The number of carbonyl (C=O) groups is 1. The standard InChI is InChI=1S/C16H17ClFN5O/c17-13-6-10(18)3-4-14(13)23-9-11(20-21-23)8-22-5-1-2-12-15(22)7-19-16(12)24/h3-4,6,9,12,15H,1-2,5,7-8H2,(H,19,24)/t12-,15-/m1/s1. The van der Waals surface area contributed by atoms with Crippen molar-refractivity contribution in [1.29, 1.82) is 0 Å². The van der Waals surface area contributed by atoms with Crippen molar-refractivity contribution in [3.05, 3.63) is 40.9 Å². The van der Waals surface area contributed by atoms with E-state index in [1.807, 2.05) is 0 Å². The molecule has 2 aromatic rings.